The molecule has 0 saturated heterocycles. The molecule has 2 atom stereocenters. The van der Waals surface area contributed by atoms with E-state index in [1.807, 2.05) is 19.1 Å². The molecule has 2 aromatic heterocycles. The van der Waals surface area contributed by atoms with Crippen molar-refractivity contribution in [2.75, 3.05) is 10.6 Å². The Morgan fingerprint density at radius 1 is 1.23 bits per heavy atom. The van der Waals surface area contributed by atoms with Crippen molar-refractivity contribution in [3.63, 3.8) is 0 Å². The monoisotopic (exact) mass is 420 g/mol. The first-order chi connectivity index (χ1) is 12.5. The van der Waals surface area contributed by atoms with E-state index in [0.29, 0.717) is 22.0 Å². The molecule has 10 nitrogen and oxygen atoms in total. The van der Waals surface area contributed by atoms with Crippen molar-refractivity contribution in [1.82, 2.24) is 30.6 Å². The van der Waals surface area contributed by atoms with E-state index in [2.05, 4.69) is 57.2 Å². The molecule has 0 aliphatic heterocycles. The minimum absolute atomic E-state index is 0.156. The molecule has 0 radical (unpaired) electrons. The zero-order chi connectivity index (χ0) is 18.5. The minimum atomic E-state index is -0.514. The third-order valence-corrected chi connectivity index (χ3v) is 4.06. The number of aliphatic hydroxyl groups excluding tert-OH is 1. The number of H-pyrrole nitrogens is 1. The number of hydrogen-bond acceptors (Lipinski definition) is 9. The molecular weight excluding hydrogens is 404 g/mol. The summed E-state index contributed by atoms with van der Waals surface area (Å²) >= 11 is 3.40. The average molecular weight is 421 g/mol. The van der Waals surface area contributed by atoms with Crippen LogP contribution in [0.25, 0.3) is 0 Å². The van der Waals surface area contributed by atoms with Crippen LogP contribution in [0.3, 0.4) is 0 Å². The lowest BCUT2D eigenvalue weighted by molar-refractivity contribution is 0.177. The van der Waals surface area contributed by atoms with Gasteiger partial charge in [0, 0.05) is 11.9 Å². The van der Waals surface area contributed by atoms with Gasteiger partial charge in [-0.05, 0) is 64.5 Å². The molecule has 3 rings (SSSR count). The van der Waals surface area contributed by atoms with Crippen molar-refractivity contribution < 1.29 is 9.84 Å². The van der Waals surface area contributed by atoms with E-state index in [1.165, 1.54) is 0 Å². The highest BCUT2D eigenvalue weighted by Crippen LogP contribution is 2.24. The number of halogens is 1. The predicted molar refractivity (Wildman–Crippen MR) is 98.5 cm³/mol. The Balaban J connectivity index is 1.68. The molecule has 1 aromatic carbocycles. The van der Waals surface area contributed by atoms with Crippen LogP contribution in [0.1, 0.15) is 13.8 Å². The van der Waals surface area contributed by atoms with Gasteiger partial charge in [-0.15, -0.1) is 0 Å². The van der Waals surface area contributed by atoms with Crippen LogP contribution in [0, 0.1) is 0 Å². The minimum Gasteiger partial charge on any atom is -0.424 e. The van der Waals surface area contributed by atoms with E-state index < -0.39 is 6.10 Å². The zero-order valence-corrected chi connectivity index (χ0v) is 15.6. The van der Waals surface area contributed by atoms with E-state index in [-0.39, 0.29) is 12.1 Å². The second-order valence-corrected chi connectivity index (χ2v) is 6.38. The lowest BCUT2D eigenvalue weighted by atomic mass is 10.2. The highest BCUT2D eigenvalue weighted by Gasteiger charge is 2.12. The summed E-state index contributed by atoms with van der Waals surface area (Å²) < 4.78 is 6.14. The number of nitrogens with one attached hydrogen (secondary N) is 3. The number of benzene rings is 1. The number of hydrogen-bond donors (Lipinski definition) is 4. The molecule has 0 spiro atoms. The lowest BCUT2D eigenvalue weighted by Gasteiger charge is -2.18. The molecule has 26 heavy (non-hydrogen) atoms. The molecule has 0 bridgehead atoms. The van der Waals surface area contributed by atoms with Gasteiger partial charge in [0.1, 0.15) is 11.6 Å². The molecule has 4 N–H and O–H groups in total. The fourth-order valence-corrected chi connectivity index (χ4v) is 2.21. The fourth-order valence-electron chi connectivity index (χ4n) is 1.91. The van der Waals surface area contributed by atoms with E-state index in [9.17, 15) is 5.11 Å². The average Bonchev–Trinajstić information content (AvgIpc) is 3.12. The second kappa shape index (κ2) is 8.06. The molecule has 11 heteroatoms. The Morgan fingerprint density at radius 3 is 2.65 bits per heavy atom. The van der Waals surface area contributed by atoms with Crippen molar-refractivity contribution >= 4 is 33.4 Å². The summed E-state index contributed by atoms with van der Waals surface area (Å²) in [5.74, 6) is 1.59. The summed E-state index contributed by atoms with van der Waals surface area (Å²) in [5, 5.41) is 28.9. The lowest BCUT2D eigenvalue weighted by Crippen LogP contribution is -2.28. The Bertz CT molecular complexity index is 841. The van der Waals surface area contributed by atoms with Crippen LogP contribution >= 0.6 is 15.9 Å². The zero-order valence-electron chi connectivity index (χ0n) is 14.0. The Hall–Kier alpha value is -2.79. The van der Waals surface area contributed by atoms with Gasteiger partial charge < -0.3 is 20.5 Å². The van der Waals surface area contributed by atoms with Gasteiger partial charge in [0.2, 0.25) is 5.95 Å². The van der Waals surface area contributed by atoms with Crippen molar-refractivity contribution in [2.45, 2.75) is 26.0 Å². The van der Waals surface area contributed by atoms with Crippen molar-refractivity contribution in [3.05, 3.63) is 34.9 Å². The van der Waals surface area contributed by atoms with Crippen LogP contribution in [-0.2, 0) is 0 Å². The Morgan fingerprint density at radius 2 is 2.00 bits per heavy atom. The van der Waals surface area contributed by atoms with E-state index in [0.717, 1.165) is 5.69 Å². The Kier molecular flexibility index (Phi) is 5.58. The van der Waals surface area contributed by atoms with Crippen LogP contribution in [-0.4, -0.2) is 47.8 Å². The van der Waals surface area contributed by atoms with Gasteiger partial charge in [-0.25, -0.2) is 10.1 Å². The third-order valence-electron chi connectivity index (χ3n) is 3.48. The molecule has 0 amide bonds. The number of rotatable bonds is 7. The second-order valence-electron chi connectivity index (χ2n) is 5.52. The van der Waals surface area contributed by atoms with E-state index in [1.54, 1.807) is 25.3 Å². The molecular formula is C15H17BrN8O2. The fraction of sp³-hybridized carbons (Fsp3) is 0.267. The SMILES string of the molecule is C[C@@H](O)[C@@H](C)Nc1nc(Nc2ccc(Oc3nnn[nH]3)cc2)ncc1Br. The third kappa shape index (κ3) is 4.64. The van der Waals surface area contributed by atoms with Gasteiger partial charge in [-0.3, -0.25) is 0 Å². The maximum Gasteiger partial charge on any atom is 0.338 e. The smallest absolute Gasteiger partial charge is 0.338 e. The summed E-state index contributed by atoms with van der Waals surface area (Å²) in [6, 6.07) is 7.21. The number of aliphatic hydroxyl groups is 1. The molecule has 136 valence electrons. The molecule has 0 unspecified atom stereocenters. The summed E-state index contributed by atoms with van der Waals surface area (Å²) in [4.78, 5) is 8.65. The van der Waals surface area contributed by atoms with Crippen LogP contribution in [0.2, 0.25) is 0 Å². The molecule has 3 aromatic rings. The first-order valence-electron chi connectivity index (χ1n) is 7.77. The van der Waals surface area contributed by atoms with Crippen molar-refractivity contribution in [1.29, 1.82) is 0 Å². The molecule has 0 fully saturated rings. The van der Waals surface area contributed by atoms with Crippen LogP contribution in [0.5, 0.6) is 11.8 Å². The highest BCUT2D eigenvalue weighted by molar-refractivity contribution is 9.10. The number of tetrazole rings is 1. The van der Waals surface area contributed by atoms with Gasteiger partial charge in [0.25, 0.3) is 0 Å². The topological polar surface area (TPSA) is 134 Å². The summed E-state index contributed by atoms with van der Waals surface area (Å²) in [6.07, 6.45) is 1.13. The Labute approximate surface area is 157 Å². The van der Waals surface area contributed by atoms with Gasteiger partial charge >= 0.3 is 6.01 Å². The van der Waals surface area contributed by atoms with Gasteiger partial charge in [-0.2, -0.15) is 4.98 Å². The number of ether oxygens (including phenoxy) is 1. The molecule has 0 aliphatic carbocycles. The first-order valence-corrected chi connectivity index (χ1v) is 8.56. The molecule has 0 aliphatic rings. The maximum absolute atomic E-state index is 9.63. The number of aromatic amines is 1. The quantitative estimate of drug-likeness (QED) is 0.454. The van der Waals surface area contributed by atoms with Gasteiger partial charge in [0.05, 0.1) is 16.6 Å². The molecule has 2 heterocycles. The largest absolute Gasteiger partial charge is 0.424 e. The van der Waals surface area contributed by atoms with Gasteiger partial charge in [0.15, 0.2) is 0 Å². The van der Waals surface area contributed by atoms with E-state index in [4.69, 9.17) is 4.74 Å². The van der Waals surface area contributed by atoms with Crippen molar-refractivity contribution in [2.24, 2.45) is 0 Å². The van der Waals surface area contributed by atoms with Crippen molar-refractivity contribution in [3.8, 4) is 11.8 Å². The standard InChI is InChI=1S/C15H17BrN8O2/c1-8(9(2)25)18-13-12(16)7-17-14(20-13)19-10-3-5-11(6-4-10)26-15-21-23-24-22-15/h3-9,25H,1-2H3,(H2,17,18,19,20)(H,21,22,23,24)/t8-,9-/m1/s1. The normalized spacial score (nSPS) is 13.1. The van der Waals surface area contributed by atoms with Crippen LogP contribution in [0.4, 0.5) is 17.5 Å². The predicted octanol–water partition coefficient (Wildman–Crippen LogP) is 2.47. The number of aromatic nitrogens is 6. The highest BCUT2D eigenvalue weighted by atomic mass is 79.9. The number of anilines is 3. The summed E-state index contributed by atoms with van der Waals surface area (Å²) in [7, 11) is 0. The summed E-state index contributed by atoms with van der Waals surface area (Å²) in [6.45, 7) is 3.58. The summed E-state index contributed by atoms with van der Waals surface area (Å²) in [5.41, 5.74) is 0.782. The van der Waals surface area contributed by atoms with Crippen LogP contribution in [0.15, 0.2) is 34.9 Å². The first kappa shape index (κ1) is 18.0. The maximum atomic E-state index is 9.63. The molecule has 0 saturated carbocycles. The number of nitrogens with zero attached hydrogens (tertiary/aromatic N) is 5. The van der Waals surface area contributed by atoms with Crippen LogP contribution < -0.4 is 15.4 Å². The van der Waals surface area contributed by atoms with Gasteiger partial charge in [-0.1, -0.05) is 5.10 Å². The van der Waals surface area contributed by atoms with E-state index >= 15 is 0 Å².